The van der Waals surface area contributed by atoms with Gasteiger partial charge in [-0.1, -0.05) is 0 Å². The van der Waals surface area contributed by atoms with Crippen molar-refractivity contribution in [2.24, 2.45) is 0 Å². The van der Waals surface area contributed by atoms with Gasteiger partial charge >= 0.3 is 5.82 Å². The summed E-state index contributed by atoms with van der Waals surface area (Å²) >= 11 is 0. The molecule has 1 amide bonds. The van der Waals surface area contributed by atoms with Crippen molar-refractivity contribution in [2.75, 3.05) is 20.1 Å². The van der Waals surface area contributed by atoms with Crippen LogP contribution in [0, 0.1) is 17.0 Å². The standard InChI is InChI=1S/C13H21N5O3/c1-10-15-12(18(20)21)9-16(10)7-5-13(19)17-6-3-4-11(8-17)14-2/h9,11,14H,3-8H2,1-2H3. The van der Waals surface area contributed by atoms with Gasteiger partial charge in [0.15, 0.2) is 0 Å². The van der Waals surface area contributed by atoms with Gasteiger partial charge in [0, 0.05) is 39.0 Å². The molecule has 1 aromatic heterocycles. The van der Waals surface area contributed by atoms with E-state index in [1.165, 1.54) is 6.20 Å². The van der Waals surface area contributed by atoms with E-state index in [0.717, 1.165) is 25.9 Å². The van der Waals surface area contributed by atoms with Crippen LogP contribution in [0.2, 0.25) is 0 Å². The highest BCUT2D eigenvalue weighted by Gasteiger charge is 2.23. The van der Waals surface area contributed by atoms with Gasteiger partial charge in [0.2, 0.25) is 11.7 Å². The van der Waals surface area contributed by atoms with Crippen molar-refractivity contribution in [1.82, 2.24) is 19.8 Å². The molecule has 1 N–H and O–H groups in total. The molecule has 0 bridgehead atoms. The quantitative estimate of drug-likeness (QED) is 0.637. The molecule has 116 valence electrons. The van der Waals surface area contributed by atoms with Crippen LogP contribution < -0.4 is 5.32 Å². The first-order valence-corrected chi connectivity index (χ1v) is 7.14. The Hall–Kier alpha value is -1.96. The SMILES string of the molecule is CNC1CCCN(C(=O)CCn2cc([N+](=O)[O-])nc2C)C1. The van der Waals surface area contributed by atoms with E-state index in [1.54, 1.807) is 11.5 Å². The van der Waals surface area contributed by atoms with Crippen LogP contribution in [0.5, 0.6) is 0 Å². The number of nitro groups is 1. The second kappa shape index (κ2) is 6.66. The minimum atomic E-state index is -0.520. The number of aryl methyl sites for hydroxylation is 2. The lowest BCUT2D eigenvalue weighted by Gasteiger charge is -2.32. The molecule has 0 saturated carbocycles. The molecule has 0 spiro atoms. The summed E-state index contributed by atoms with van der Waals surface area (Å²) in [6, 6.07) is 0.360. The number of likely N-dealkylation sites (tertiary alicyclic amines) is 1. The third kappa shape index (κ3) is 3.78. The molecule has 1 fully saturated rings. The smallest absolute Gasteiger partial charge is 0.358 e. The van der Waals surface area contributed by atoms with Crippen molar-refractivity contribution in [1.29, 1.82) is 0 Å². The highest BCUT2D eigenvalue weighted by molar-refractivity contribution is 5.76. The van der Waals surface area contributed by atoms with Crippen molar-refractivity contribution in [3.8, 4) is 0 Å². The van der Waals surface area contributed by atoms with Gasteiger partial charge in [-0.3, -0.25) is 4.79 Å². The van der Waals surface area contributed by atoms with Crippen LogP contribution in [0.25, 0.3) is 0 Å². The number of hydrogen-bond donors (Lipinski definition) is 1. The van der Waals surface area contributed by atoms with Crippen LogP contribution in [0.15, 0.2) is 6.20 Å². The number of nitrogens with zero attached hydrogens (tertiary/aromatic N) is 4. The zero-order valence-corrected chi connectivity index (χ0v) is 12.4. The normalized spacial score (nSPS) is 18.8. The summed E-state index contributed by atoms with van der Waals surface area (Å²) in [6.07, 6.45) is 3.82. The van der Waals surface area contributed by atoms with Crippen molar-refractivity contribution in [3.63, 3.8) is 0 Å². The van der Waals surface area contributed by atoms with E-state index in [1.807, 2.05) is 11.9 Å². The summed E-state index contributed by atoms with van der Waals surface area (Å²) in [4.78, 5) is 28.1. The number of piperidine rings is 1. The Bertz CT molecular complexity index is 528. The lowest BCUT2D eigenvalue weighted by Crippen LogP contribution is -2.47. The molecular weight excluding hydrogens is 274 g/mol. The minimum absolute atomic E-state index is 0.0886. The predicted molar refractivity (Wildman–Crippen MR) is 76.9 cm³/mol. The second-order valence-corrected chi connectivity index (χ2v) is 5.31. The fourth-order valence-electron chi connectivity index (χ4n) is 2.62. The molecular formula is C13H21N5O3. The largest absolute Gasteiger partial charge is 0.381 e. The molecule has 0 radical (unpaired) electrons. The number of aromatic nitrogens is 2. The van der Waals surface area contributed by atoms with E-state index in [9.17, 15) is 14.9 Å². The molecule has 1 aromatic rings. The van der Waals surface area contributed by atoms with Gasteiger partial charge in [0.1, 0.15) is 6.20 Å². The third-order valence-corrected chi connectivity index (χ3v) is 3.90. The van der Waals surface area contributed by atoms with E-state index >= 15 is 0 Å². The number of rotatable bonds is 5. The molecule has 1 unspecified atom stereocenters. The summed E-state index contributed by atoms with van der Waals surface area (Å²) in [5.41, 5.74) is 0. The zero-order valence-electron chi connectivity index (χ0n) is 12.4. The number of amides is 1. The second-order valence-electron chi connectivity index (χ2n) is 5.31. The molecule has 1 aliphatic rings. The first kappa shape index (κ1) is 15.4. The van der Waals surface area contributed by atoms with Gasteiger partial charge in [0.25, 0.3) is 0 Å². The van der Waals surface area contributed by atoms with Crippen LogP contribution >= 0.6 is 0 Å². The van der Waals surface area contributed by atoms with Crippen LogP contribution in [0.3, 0.4) is 0 Å². The maximum absolute atomic E-state index is 12.2. The molecule has 1 aliphatic heterocycles. The van der Waals surface area contributed by atoms with Crippen LogP contribution in [0.4, 0.5) is 5.82 Å². The fraction of sp³-hybridized carbons (Fsp3) is 0.692. The van der Waals surface area contributed by atoms with Gasteiger partial charge in [-0.05, 0) is 29.8 Å². The van der Waals surface area contributed by atoms with Crippen molar-refractivity contribution in [3.05, 3.63) is 22.1 Å². The minimum Gasteiger partial charge on any atom is -0.358 e. The van der Waals surface area contributed by atoms with Gasteiger partial charge in [-0.25, -0.2) is 0 Å². The van der Waals surface area contributed by atoms with Gasteiger partial charge < -0.3 is 24.9 Å². The Labute approximate surface area is 123 Å². The Morgan fingerprint density at radius 3 is 3.00 bits per heavy atom. The van der Waals surface area contributed by atoms with E-state index in [-0.39, 0.29) is 11.7 Å². The van der Waals surface area contributed by atoms with Crippen molar-refractivity contribution in [2.45, 2.75) is 38.8 Å². The Balaban J connectivity index is 1.90. The Morgan fingerprint density at radius 1 is 1.62 bits per heavy atom. The lowest BCUT2D eigenvalue weighted by atomic mass is 10.1. The third-order valence-electron chi connectivity index (χ3n) is 3.90. The van der Waals surface area contributed by atoms with E-state index in [0.29, 0.717) is 24.8 Å². The average Bonchev–Trinajstić information content (AvgIpc) is 2.86. The summed E-state index contributed by atoms with van der Waals surface area (Å²) in [7, 11) is 1.91. The summed E-state index contributed by atoms with van der Waals surface area (Å²) in [6.45, 7) is 3.65. The molecule has 21 heavy (non-hydrogen) atoms. The first-order valence-electron chi connectivity index (χ1n) is 7.14. The van der Waals surface area contributed by atoms with Gasteiger partial charge in [0.05, 0.1) is 0 Å². The lowest BCUT2D eigenvalue weighted by molar-refractivity contribution is -0.389. The van der Waals surface area contributed by atoms with E-state index in [2.05, 4.69) is 10.3 Å². The highest BCUT2D eigenvalue weighted by atomic mass is 16.6. The summed E-state index contributed by atoms with van der Waals surface area (Å²) in [5.74, 6) is 0.472. The van der Waals surface area contributed by atoms with E-state index in [4.69, 9.17) is 0 Å². The predicted octanol–water partition coefficient (Wildman–Crippen LogP) is 0.700. The zero-order chi connectivity index (χ0) is 15.4. The first-order chi connectivity index (χ1) is 10.0. The highest BCUT2D eigenvalue weighted by Crippen LogP contribution is 2.13. The van der Waals surface area contributed by atoms with Crippen molar-refractivity contribution >= 4 is 11.7 Å². The molecule has 1 saturated heterocycles. The maximum Gasteiger partial charge on any atom is 0.381 e. The van der Waals surface area contributed by atoms with Crippen LogP contribution in [-0.4, -0.2) is 51.5 Å². The molecule has 1 atom stereocenters. The van der Waals surface area contributed by atoms with Crippen LogP contribution in [-0.2, 0) is 11.3 Å². The topological polar surface area (TPSA) is 93.3 Å². The molecule has 8 heteroatoms. The molecule has 8 nitrogen and oxygen atoms in total. The maximum atomic E-state index is 12.2. The number of nitrogens with one attached hydrogen (secondary N) is 1. The Morgan fingerprint density at radius 2 is 2.38 bits per heavy atom. The molecule has 2 rings (SSSR count). The van der Waals surface area contributed by atoms with Gasteiger partial charge in [-0.2, -0.15) is 0 Å². The number of likely N-dealkylation sites (N-methyl/N-ethyl adjacent to an activating group) is 1. The van der Waals surface area contributed by atoms with Crippen molar-refractivity contribution < 1.29 is 9.72 Å². The van der Waals surface area contributed by atoms with Gasteiger partial charge in [-0.15, -0.1) is 0 Å². The monoisotopic (exact) mass is 295 g/mol. The molecule has 0 aliphatic carbocycles. The summed E-state index contributed by atoms with van der Waals surface area (Å²) < 4.78 is 1.66. The average molecular weight is 295 g/mol. The van der Waals surface area contributed by atoms with E-state index < -0.39 is 4.92 Å². The molecule has 0 aromatic carbocycles. The fourth-order valence-corrected chi connectivity index (χ4v) is 2.62. The number of carbonyl (C=O) groups is 1. The summed E-state index contributed by atoms with van der Waals surface area (Å²) in [5, 5.41) is 13.9. The number of imidazole rings is 1. The number of hydrogen-bond acceptors (Lipinski definition) is 5. The Kier molecular flexibility index (Phi) is 4.89. The number of carbonyl (C=O) groups excluding carboxylic acids is 1. The molecule has 2 heterocycles. The van der Waals surface area contributed by atoms with Crippen LogP contribution in [0.1, 0.15) is 25.1 Å².